The minimum atomic E-state index is -0.238. The topological polar surface area (TPSA) is 138 Å². The van der Waals surface area contributed by atoms with Crippen molar-refractivity contribution < 1.29 is 38.0 Å². The third-order valence-corrected chi connectivity index (χ3v) is 10.4. The third kappa shape index (κ3) is 8.94. The van der Waals surface area contributed by atoms with Gasteiger partial charge in [0, 0.05) is 69.2 Å². The van der Waals surface area contributed by atoms with Crippen LogP contribution < -0.4 is 49.7 Å². The maximum Gasteiger partial charge on any atom is 0.222 e. The molecule has 0 radical (unpaired) electrons. The van der Waals surface area contributed by atoms with Gasteiger partial charge in [-0.15, -0.1) is 0 Å². The zero-order valence-corrected chi connectivity index (χ0v) is 32.0. The number of hydrogen-bond donors (Lipinski definition) is 4. The van der Waals surface area contributed by atoms with Gasteiger partial charge in [-0.3, -0.25) is 9.59 Å². The minimum absolute atomic E-state index is 0.0828. The molecule has 3 aliphatic rings. The molecule has 288 valence electrons. The monoisotopic (exact) mass is 740 g/mol. The first kappa shape index (κ1) is 38.5. The number of benzene rings is 3. The lowest BCUT2D eigenvalue weighted by atomic mass is 9.68. The zero-order valence-electron chi connectivity index (χ0n) is 32.0. The van der Waals surface area contributed by atoms with E-state index in [-0.39, 0.29) is 35.2 Å². The molecule has 2 aliphatic heterocycles. The molecule has 3 unspecified atom stereocenters. The molecular formula is C42H52N4O8. The van der Waals surface area contributed by atoms with E-state index < -0.39 is 0 Å². The Labute approximate surface area is 317 Å². The summed E-state index contributed by atoms with van der Waals surface area (Å²) in [5.74, 6) is 4.25. The number of rotatable bonds is 19. The van der Waals surface area contributed by atoms with Crippen molar-refractivity contribution in [2.75, 3.05) is 48.1 Å². The van der Waals surface area contributed by atoms with Gasteiger partial charge in [-0.05, 0) is 28.2 Å². The lowest BCUT2D eigenvalue weighted by molar-refractivity contribution is -0.128. The van der Waals surface area contributed by atoms with Gasteiger partial charge >= 0.3 is 0 Å². The van der Waals surface area contributed by atoms with Crippen LogP contribution in [-0.2, 0) is 29.3 Å². The van der Waals surface area contributed by atoms with Gasteiger partial charge in [0.15, 0.2) is 0 Å². The Kier molecular flexibility index (Phi) is 12.3. The van der Waals surface area contributed by atoms with Crippen molar-refractivity contribution in [2.24, 2.45) is 11.3 Å². The first-order chi connectivity index (χ1) is 26.1. The Morgan fingerprint density at radius 1 is 0.722 bits per heavy atom. The van der Waals surface area contributed by atoms with Gasteiger partial charge in [-0.2, -0.15) is 0 Å². The normalized spacial score (nSPS) is 19.7. The van der Waals surface area contributed by atoms with E-state index in [2.05, 4.69) is 77.6 Å². The SMILES string of the molecule is COc1cc(OCc2cccc(C3=CC=CC(COc4cc(OC)c(CNCC5CC(=O)N5)c(OC)c4)C3(C)C)c2)cc(OC)c1CNCC1CC(=O)N1. The predicted octanol–water partition coefficient (Wildman–Crippen LogP) is 4.93. The van der Waals surface area contributed by atoms with Crippen LogP contribution in [0.25, 0.3) is 5.57 Å². The third-order valence-electron chi connectivity index (χ3n) is 10.4. The van der Waals surface area contributed by atoms with Crippen molar-refractivity contribution in [1.82, 2.24) is 21.3 Å². The van der Waals surface area contributed by atoms with E-state index in [4.69, 9.17) is 28.4 Å². The Hall–Kier alpha value is -5.20. The molecule has 2 saturated heterocycles. The minimum Gasteiger partial charge on any atom is -0.496 e. The van der Waals surface area contributed by atoms with Crippen LogP contribution in [0.2, 0.25) is 0 Å². The van der Waals surface area contributed by atoms with Crippen molar-refractivity contribution in [3.63, 3.8) is 0 Å². The summed E-state index contributed by atoms with van der Waals surface area (Å²) in [5.41, 5.74) is 4.91. The molecule has 6 rings (SSSR count). The molecule has 0 aromatic heterocycles. The highest BCUT2D eigenvalue weighted by Gasteiger charge is 2.35. The number of amides is 2. The second-order valence-electron chi connectivity index (χ2n) is 14.4. The Balaban J connectivity index is 1.08. The standard InChI is InChI=1S/C42H52N4O8/c1-42(2)28(25-54-32-18-38(51-5)34(39(19-32)52-6)23-44-21-30-15-41(48)46-30)11-8-12-35(42)27-10-7-9-26(13-27)24-53-31-16-36(49-3)33(37(17-31)50-4)22-43-20-29-14-40(47)45-29/h7-13,16-19,28-30,43-44H,14-15,20-25H2,1-6H3,(H,45,47)(H,46,48). The van der Waals surface area contributed by atoms with Crippen LogP contribution in [-0.4, -0.2) is 72.0 Å². The van der Waals surface area contributed by atoms with E-state index in [9.17, 15) is 9.59 Å². The Morgan fingerprint density at radius 3 is 1.70 bits per heavy atom. The largest absolute Gasteiger partial charge is 0.496 e. The molecule has 3 aromatic carbocycles. The van der Waals surface area contributed by atoms with Gasteiger partial charge in [-0.1, -0.05) is 50.3 Å². The number of nitrogens with one attached hydrogen (secondary N) is 4. The molecule has 2 heterocycles. The number of carbonyl (C=O) groups excluding carboxylic acids is 2. The van der Waals surface area contributed by atoms with Crippen LogP contribution in [0.5, 0.6) is 34.5 Å². The van der Waals surface area contributed by atoms with Crippen LogP contribution in [0, 0.1) is 11.3 Å². The van der Waals surface area contributed by atoms with E-state index in [1.165, 1.54) is 5.57 Å². The lowest BCUT2D eigenvalue weighted by Gasteiger charge is -2.37. The molecule has 2 amide bonds. The van der Waals surface area contributed by atoms with Gasteiger partial charge in [0.1, 0.15) is 41.1 Å². The predicted molar refractivity (Wildman–Crippen MR) is 206 cm³/mol. The average Bonchev–Trinajstić information content (AvgIpc) is 3.15. The van der Waals surface area contributed by atoms with E-state index >= 15 is 0 Å². The van der Waals surface area contributed by atoms with Gasteiger partial charge in [0.25, 0.3) is 0 Å². The van der Waals surface area contributed by atoms with Crippen LogP contribution in [0.3, 0.4) is 0 Å². The van der Waals surface area contributed by atoms with E-state index in [0.717, 1.165) is 22.3 Å². The number of ether oxygens (including phenoxy) is 6. The van der Waals surface area contributed by atoms with Crippen molar-refractivity contribution in [3.05, 3.63) is 89.0 Å². The Bertz CT molecular complexity index is 1820. The highest BCUT2D eigenvalue weighted by atomic mass is 16.5. The van der Waals surface area contributed by atoms with Crippen LogP contribution in [0.4, 0.5) is 0 Å². The molecule has 0 bridgehead atoms. The molecule has 2 fully saturated rings. The highest BCUT2D eigenvalue weighted by molar-refractivity contribution is 5.83. The highest BCUT2D eigenvalue weighted by Crippen LogP contribution is 2.45. The van der Waals surface area contributed by atoms with Crippen LogP contribution in [0.1, 0.15) is 48.9 Å². The summed E-state index contributed by atoms with van der Waals surface area (Å²) in [5, 5.41) is 12.5. The zero-order chi connectivity index (χ0) is 38.2. The first-order valence-electron chi connectivity index (χ1n) is 18.4. The Morgan fingerprint density at radius 2 is 1.22 bits per heavy atom. The van der Waals surface area contributed by atoms with Crippen LogP contribution >= 0.6 is 0 Å². The number of carbonyl (C=O) groups is 2. The smallest absolute Gasteiger partial charge is 0.222 e. The fraction of sp³-hybridized carbons (Fsp3) is 0.429. The summed E-state index contributed by atoms with van der Waals surface area (Å²) >= 11 is 0. The summed E-state index contributed by atoms with van der Waals surface area (Å²) in [6.45, 7) is 7.73. The first-order valence-corrected chi connectivity index (χ1v) is 18.4. The molecular weight excluding hydrogens is 688 g/mol. The number of hydrogen-bond acceptors (Lipinski definition) is 10. The molecule has 0 spiro atoms. The van der Waals surface area contributed by atoms with Gasteiger partial charge in [-0.25, -0.2) is 0 Å². The summed E-state index contributed by atoms with van der Waals surface area (Å²) in [7, 11) is 6.55. The summed E-state index contributed by atoms with van der Waals surface area (Å²) in [6, 6.07) is 16.3. The molecule has 3 atom stereocenters. The summed E-state index contributed by atoms with van der Waals surface area (Å²) < 4.78 is 35.6. The van der Waals surface area contributed by atoms with E-state index in [1.54, 1.807) is 28.4 Å². The van der Waals surface area contributed by atoms with Crippen LogP contribution in [0.15, 0.2) is 66.8 Å². The van der Waals surface area contributed by atoms with Crippen molar-refractivity contribution in [2.45, 2.75) is 58.5 Å². The van der Waals surface area contributed by atoms with Crippen molar-refractivity contribution in [1.29, 1.82) is 0 Å². The fourth-order valence-corrected chi connectivity index (χ4v) is 7.14. The molecule has 12 heteroatoms. The molecule has 3 aromatic rings. The number of methoxy groups -OCH3 is 4. The maximum absolute atomic E-state index is 11.2. The van der Waals surface area contributed by atoms with E-state index in [0.29, 0.717) is 86.7 Å². The second kappa shape index (κ2) is 17.3. The maximum atomic E-state index is 11.2. The lowest BCUT2D eigenvalue weighted by Crippen LogP contribution is -2.53. The molecule has 0 saturated carbocycles. The van der Waals surface area contributed by atoms with Crippen molar-refractivity contribution >= 4 is 17.4 Å². The second-order valence-corrected chi connectivity index (χ2v) is 14.4. The summed E-state index contributed by atoms with van der Waals surface area (Å²) in [4.78, 5) is 22.5. The summed E-state index contributed by atoms with van der Waals surface area (Å²) in [6.07, 6.45) is 7.58. The fourth-order valence-electron chi connectivity index (χ4n) is 7.14. The van der Waals surface area contributed by atoms with Gasteiger partial charge in [0.05, 0.1) is 58.3 Å². The molecule has 4 N–H and O–H groups in total. The molecule has 54 heavy (non-hydrogen) atoms. The van der Waals surface area contributed by atoms with E-state index in [1.807, 2.05) is 24.3 Å². The molecule has 1 aliphatic carbocycles. The quantitative estimate of drug-likeness (QED) is 0.125. The number of β-lactam (4-membered cyclic amide) rings is 2. The van der Waals surface area contributed by atoms with Gasteiger partial charge < -0.3 is 49.7 Å². The van der Waals surface area contributed by atoms with Gasteiger partial charge in [0.2, 0.25) is 11.8 Å². The molecule has 12 nitrogen and oxygen atoms in total. The van der Waals surface area contributed by atoms with Crippen molar-refractivity contribution in [3.8, 4) is 34.5 Å². The average molecular weight is 741 g/mol. The number of allylic oxidation sites excluding steroid dienone is 3.